The summed E-state index contributed by atoms with van der Waals surface area (Å²) in [4.78, 5) is 0.738. The van der Waals surface area contributed by atoms with E-state index in [0.717, 1.165) is 4.90 Å². The summed E-state index contributed by atoms with van der Waals surface area (Å²) >= 11 is 1.36. The Morgan fingerprint density at radius 3 is 2.50 bits per heavy atom. The van der Waals surface area contributed by atoms with Crippen molar-refractivity contribution in [2.75, 3.05) is 11.3 Å². The number of benzene rings is 1. The van der Waals surface area contributed by atoms with Gasteiger partial charge in [0.05, 0.1) is 5.69 Å². The summed E-state index contributed by atoms with van der Waals surface area (Å²) in [6.07, 6.45) is -2.76. The molecule has 0 aliphatic rings. The lowest BCUT2D eigenvalue weighted by Gasteiger charge is -2.21. The van der Waals surface area contributed by atoms with E-state index in [4.69, 9.17) is 5.84 Å². The number of hydrogen-bond acceptors (Lipinski definition) is 3. The van der Waals surface area contributed by atoms with Crippen LogP contribution in [-0.4, -0.2) is 12.6 Å². The molecule has 1 rings (SSSR count). The number of anilines is 1. The highest BCUT2D eigenvalue weighted by Crippen LogP contribution is 2.27. The quantitative estimate of drug-likeness (QED) is 0.361. The first-order chi connectivity index (χ1) is 6.45. The van der Waals surface area contributed by atoms with E-state index >= 15 is 0 Å². The van der Waals surface area contributed by atoms with E-state index < -0.39 is 6.30 Å². The third-order valence-electron chi connectivity index (χ3n) is 1.60. The number of alkyl halides is 3. The number of hydrazine groups is 1. The molecule has 0 saturated heterocycles. The maximum absolute atomic E-state index is 12.2. The molecule has 0 amide bonds. The summed E-state index contributed by atoms with van der Waals surface area (Å²) in [6.45, 7) is 0. The molecule has 1 aromatic rings. The second kappa shape index (κ2) is 4.10. The molecule has 0 bridgehead atoms. The second-order valence-electron chi connectivity index (χ2n) is 2.54. The van der Waals surface area contributed by atoms with Crippen molar-refractivity contribution in [2.24, 2.45) is 5.84 Å². The van der Waals surface area contributed by atoms with Gasteiger partial charge in [-0.2, -0.15) is 0 Å². The van der Waals surface area contributed by atoms with Gasteiger partial charge in [-0.25, -0.2) is 10.9 Å². The van der Waals surface area contributed by atoms with Crippen molar-refractivity contribution in [3.63, 3.8) is 0 Å². The number of nitrogens with two attached hydrogens (primary N) is 1. The number of hydrogen-bond donors (Lipinski definition) is 1. The maximum Gasteiger partial charge on any atom is 0.498 e. The first kappa shape index (κ1) is 11.2. The van der Waals surface area contributed by atoms with E-state index in [0.29, 0.717) is 0 Å². The SMILES string of the molecule is CSc1cccc(N(N)C(F)(F)F)c1. The molecule has 2 nitrogen and oxygen atoms in total. The predicted octanol–water partition coefficient (Wildman–Crippen LogP) is 2.61. The largest absolute Gasteiger partial charge is 0.498 e. The molecule has 0 aliphatic heterocycles. The van der Waals surface area contributed by atoms with Gasteiger partial charge < -0.3 is 0 Å². The van der Waals surface area contributed by atoms with Crippen molar-refractivity contribution in [2.45, 2.75) is 11.2 Å². The molecular formula is C8H9F3N2S. The third-order valence-corrected chi connectivity index (χ3v) is 2.33. The molecule has 0 fully saturated rings. The van der Waals surface area contributed by atoms with Crippen LogP contribution in [0.4, 0.5) is 18.9 Å². The number of thioether (sulfide) groups is 1. The molecule has 0 aromatic heterocycles. The zero-order valence-electron chi connectivity index (χ0n) is 7.38. The Bertz CT molecular complexity index is 314. The highest BCUT2D eigenvalue weighted by atomic mass is 32.2. The van der Waals surface area contributed by atoms with E-state index in [1.54, 1.807) is 12.3 Å². The Morgan fingerprint density at radius 1 is 1.36 bits per heavy atom. The predicted molar refractivity (Wildman–Crippen MR) is 50.9 cm³/mol. The van der Waals surface area contributed by atoms with Crippen molar-refractivity contribution in [1.82, 2.24) is 0 Å². The Kier molecular flexibility index (Phi) is 3.28. The molecule has 0 aliphatic carbocycles. The molecule has 0 atom stereocenters. The molecule has 0 spiro atoms. The van der Waals surface area contributed by atoms with E-state index in [1.807, 2.05) is 0 Å². The molecule has 14 heavy (non-hydrogen) atoms. The maximum atomic E-state index is 12.2. The summed E-state index contributed by atoms with van der Waals surface area (Å²) in [5.74, 6) is 4.89. The van der Waals surface area contributed by atoms with Crippen molar-refractivity contribution in [3.8, 4) is 0 Å². The fraction of sp³-hybridized carbons (Fsp3) is 0.250. The van der Waals surface area contributed by atoms with Gasteiger partial charge in [-0.05, 0) is 24.5 Å². The van der Waals surface area contributed by atoms with E-state index in [1.165, 1.54) is 30.0 Å². The molecule has 6 heteroatoms. The average Bonchev–Trinajstić information content (AvgIpc) is 2.15. The van der Waals surface area contributed by atoms with Crippen LogP contribution in [0.5, 0.6) is 0 Å². The Hall–Kier alpha value is -0.880. The van der Waals surface area contributed by atoms with Crippen LogP contribution in [0.15, 0.2) is 29.2 Å². The summed E-state index contributed by atoms with van der Waals surface area (Å²) in [6, 6.07) is 5.95. The van der Waals surface area contributed by atoms with E-state index in [-0.39, 0.29) is 10.7 Å². The van der Waals surface area contributed by atoms with Crippen LogP contribution < -0.4 is 10.9 Å². The van der Waals surface area contributed by atoms with Crippen molar-refractivity contribution < 1.29 is 13.2 Å². The fourth-order valence-corrected chi connectivity index (χ4v) is 1.36. The molecular weight excluding hydrogens is 213 g/mol. The van der Waals surface area contributed by atoms with Crippen LogP contribution in [0.25, 0.3) is 0 Å². The number of halogens is 3. The summed E-state index contributed by atoms with van der Waals surface area (Å²) < 4.78 is 36.5. The van der Waals surface area contributed by atoms with Crippen molar-refractivity contribution >= 4 is 17.4 Å². The van der Waals surface area contributed by atoms with Crippen LogP contribution >= 0.6 is 11.8 Å². The second-order valence-corrected chi connectivity index (χ2v) is 3.42. The molecule has 0 radical (unpaired) electrons. The molecule has 0 heterocycles. The van der Waals surface area contributed by atoms with Crippen LogP contribution in [-0.2, 0) is 0 Å². The van der Waals surface area contributed by atoms with E-state index in [9.17, 15) is 13.2 Å². The standard InChI is InChI=1S/C8H9F3N2S/c1-14-7-4-2-3-6(5-7)13(12)8(9,10)11/h2-5H,12H2,1H3. The minimum Gasteiger partial charge on any atom is -0.240 e. The van der Waals surface area contributed by atoms with Gasteiger partial charge in [-0.15, -0.1) is 24.9 Å². The topological polar surface area (TPSA) is 29.3 Å². The number of rotatable bonds is 2. The minimum atomic E-state index is -4.54. The Morgan fingerprint density at radius 2 is 2.00 bits per heavy atom. The number of nitrogens with zero attached hydrogens (tertiary/aromatic N) is 1. The van der Waals surface area contributed by atoms with Gasteiger partial charge in [-0.3, -0.25) is 0 Å². The van der Waals surface area contributed by atoms with Gasteiger partial charge in [0.15, 0.2) is 0 Å². The minimum absolute atomic E-state index is 0.0654. The van der Waals surface area contributed by atoms with Crippen molar-refractivity contribution in [1.29, 1.82) is 0 Å². The summed E-state index contributed by atoms with van der Waals surface area (Å²) in [5, 5.41) is -0.202. The lowest BCUT2D eigenvalue weighted by molar-refractivity contribution is -0.129. The van der Waals surface area contributed by atoms with Gasteiger partial charge in [0.25, 0.3) is 0 Å². The monoisotopic (exact) mass is 222 g/mol. The smallest absolute Gasteiger partial charge is 0.240 e. The van der Waals surface area contributed by atoms with Crippen LogP contribution in [0.3, 0.4) is 0 Å². The van der Waals surface area contributed by atoms with Crippen LogP contribution in [0, 0.1) is 0 Å². The first-order valence-electron chi connectivity index (χ1n) is 3.71. The Balaban J connectivity index is 2.95. The lowest BCUT2D eigenvalue weighted by Crippen LogP contribution is -2.43. The first-order valence-corrected chi connectivity index (χ1v) is 4.93. The van der Waals surface area contributed by atoms with Gasteiger partial charge in [0, 0.05) is 4.90 Å². The fourth-order valence-electron chi connectivity index (χ4n) is 0.907. The zero-order chi connectivity index (χ0) is 10.8. The Labute approximate surface area is 83.9 Å². The molecule has 0 saturated carbocycles. The molecule has 78 valence electrons. The molecule has 1 aromatic carbocycles. The highest BCUT2D eigenvalue weighted by molar-refractivity contribution is 7.98. The van der Waals surface area contributed by atoms with Gasteiger partial charge in [-0.1, -0.05) is 6.07 Å². The van der Waals surface area contributed by atoms with Gasteiger partial charge in [0.2, 0.25) is 0 Å². The lowest BCUT2D eigenvalue weighted by atomic mass is 10.3. The van der Waals surface area contributed by atoms with Crippen LogP contribution in [0.1, 0.15) is 0 Å². The average molecular weight is 222 g/mol. The van der Waals surface area contributed by atoms with Gasteiger partial charge in [0.1, 0.15) is 0 Å². The van der Waals surface area contributed by atoms with Gasteiger partial charge >= 0.3 is 6.30 Å². The summed E-state index contributed by atoms with van der Waals surface area (Å²) in [5.41, 5.74) is -0.0654. The molecule has 2 N–H and O–H groups in total. The zero-order valence-corrected chi connectivity index (χ0v) is 8.19. The van der Waals surface area contributed by atoms with Crippen molar-refractivity contribution in [3.05, 3.63) is 24.3 Å². The van der Waals surface area contributed by atoms with Crippen LogP contribution in [0.2, 0.25) is 0 Å². The highest BCUT2D eigenvalue weighted by Gasteiger charge is 2.35. The normalized spacial score (nSPS) is 11.5. The third kappa shape index (κ3) is 2.55. The van der Waals surface area contributed by atoms with E-state index in [2.05, 4.69) is 0 Å². The molecule has 0 unspecified atom stereocenters. The summed E-state index contributed by atoms with van der Waals surface area (Å²) in [7, 11) is 0.